The first-order valence-electron chi connectivity index (χ1n) is 15.6. The summed E-state index contributed by atoms with van der Waals surface area (Å²) < 4.78 is 45.1. The summed E-state index contributed by atoms with van der Waals surface area (Å²) in [6.45, 7) is 2.83. The third kappa shape index (κ3) is 6.95. The fourth-order valence-electron chi connectivity index (χ4n) is 5.62. The van der Waals surface area contributed by atoms with Gasteiger partial charge < -0.3 is 34.7 Å². The van der Waals surface area contributed by atoms with Gasteiger partial charge in [-0.3, -0.25) is 9.09 Å². The quantitative estimate of drug-likeness (QED) is 0.102. The predicted molar refractivity (Wildman–Crippen MR) is 179 cm³/mol. The molecule has 1 aliphatic heterocycles. The molecule has 0 radical (unpaired) electrons. The number of nitrogens with zero attached hydrogens (tertiary/aromatic N) is 4. The van der Waals surface area contributed by atoms with Crippen LogP contribution in [0.2, 0.25) is 0 Å². The number of anilines is 1. The lowest BCUT2D eigenvalue weighted by molar-refractivity contribution is -0.146. The summed E-state index contributed by atoms with van der Waals surface area (Å²) in [5.74, 6) is -0.465. The van der Waals surface area contributed by atoms with Crippen LogP contribution in [-0.2, 0) is 23.4 Å². The molecule has 3 heterocycles. The lowest BCUT2D eigenvalue weighted by atomic mass is 9.96. The summed E-state index contributed by atoms with van der Waals surface area (Å²) in [6.07, 6.45) is -2.12. The number of aliphatic hydroxyl groups is 2. The van der Waals surface area contributed by atoms with Crippen molar-refractivity contribution < 1.29 is 42.8 Å². The Morgan fingerprint density at radius 3 is 2.61 bits per heavy atom. The first kappa shape index (κ1) is 34.2. The molecule has 15 nitrogen and oxygen atoms in total. The largest absolute Gasteiger partial charge is 0.479 e. The van der Waals surface area contributed by atoms with Crippen LogP contribution in [0.4, 0.5) is 5.95 Å². The molecule has 6 rings (SSSR count). The van der Waals surface area contributed by atoms with Gasteiger partial charge in [0.25, 0.3) is 0 Å². The number of hydrogen-bond acceptors (Lipinski definition) is 13. The number of aromatic nitrogens is 4. The fourth-order valence-corrected chi connectivity index (χ4v) is 7.13. The van der Waals surface area contributed by atoms with Crippen LogP contribution in [0.3, 0.4) is 0 Å². The number of fused-ring (bicyclic) bond motifs is 2. The molecule has 0 amide bonds. The number of imidazole rings is 1. The molecular weight excluding hydrogens is 655 g/mol. The Morgan fingerprint density at radius 2 is 1.86 bits per heavy atom. The molecule has 6 atom stereocenters. The van der Waals surface area contributed by atoms with E-state index in [0.29, 0.717) is 17.4 Å². The normalized spacial score (nSPS) is 22.5. The molecule has 3 aromatic carbocycles. The fraction of sp³-hybridized carbons (Fsp3) is 0.333. The van der Waals surface area contributed by atoms with Crippen molar-refractivity contribution in [1.82, 2.24) is 24.6 Å². The van der Waals surface area contributed by atoms with Crippen molar-refractivity contribution in [2.24, 2.45) is 0 Å². The SMILES string of the molecule is CCCOC(=O)[C@@H](NP(=O)(OC[C@H]1OC(n2cnc3c(OC)nc(N)nc32)[C@](C)(O)[C@@H]1O)Oc1cccc2ccccc12)c1ccccc1. The molecule has 2 aromatic heterocycles. The van der Waals surface area contributed by atoms with Crippen molar-refractivity contribution >= 4 is 41.6 Å². The van der Waals surface area contributed by atoms with Crippen molar-refractivity contribution in [2.45, 2.75) is 50.3 Å². The number of nitrogens with one attached hydrogen (secondary N) is 1. The molecule has 258 valence electrons. The number of carbonyl (C=O) groups excluding carboxylic acids is 1. The van der Waals surface area contributed by atoms with Gasteiger partial charge in [0.05, 0.1) is 26.7 Å². The van der Waals surface area contributed by atoms with Crippen molar-refractivity contribution in [2.75, 3.05) is 26.1 Å². The van der Waals surface area contributed by atoms with Gasteiger partial charge in [0, 0.05) is 5.39 Å². The molecule has 0 bridgehead atoms. The minimum atomic E-state index is -4.51. The molecule has 0 spiro atoms. The van der Waals surface area contributed by atoms with Gasteiger partial charge in [-0.15, -0.1) is 0 Å². The second-order valence-electron chi connectivity index (χ2n) is 11.6. The van der Waals surface area contributed by atoms with Gasteiger partial charge in [0.2, 0.25) is 11.8 Å². The monoisotopic (exact) mass is 692 g/mol. The van der Waals surface area contributed by atoms with Gasteiger partial charge in [-0.25, -0.2) is 14.3 Å². The molecule has 1 fully saturated rings. The number of benzene rings is 3. The second kappa shape index (κ2) is 14.1. The van der Waals surface area contributed by atoms with Gasteiger partial charge >= 0.3 is 13.7 Å². The minimum Gasteiger partial charge on any atom is -0.479 e. The van der Waals surface area contributed by atoms with Crippen LogP contribution in [-0.4, -0.2) is 73.8 Å². The summed E-state index contributed by atoms with van der Waals surface area (Å²) in [7, 11) is -3.11. The van der Waals surface area contributed by atoms with Gasteiger partial charge in [0.15, 0.2) is 17.4 Å². The zero-order chi connectivity index (χ0) is 34.8. The Morgan fingerprint density at radius 1 is 1.12 bits per heavy atom. The third-order valence-corrected chi connectivity index (χ3v) is 9.59. The smallest absolute Gasteiger partial charge is 0.459 e. The van der Waals surface area contributed by atoms with E-state index >= 15 is 0 Å². The Labute approximate surface area is 281 Å². The number of methoxy groups -OCH3 is 1. The number of aliphatic hydroxyl groups excluding tert-OH is 1. The topological polar surface area (TPSA) is 202 Å². The van der Waals surface area contributed by atoms with Crippen molar-refractivity contribution in [1.29, 1.82) is 0 Å². The van der Waals surface area contributed by atoms with Crippen LogP contribution in [0.15, 0.2) is 79.1 Å². The summed E-state index contributed by atoms with van der Waals surface area (Å²) in [5.41, 5.74) is 4.85. The van der Waals surface area contributed by atoms with E-state index < -0.39 is 50.4 Å². The number of nitrogen functional groups attached to an aromatic ring is 1. The molecule has 1 aliphatic rings. The number of hydrogen-bond donors (Lipinski definition) is 4. The van der Waals surface area contributed by atoms with Crippen molar-refractivity contribution in [3.63, 3.8) is 0 Å². The molecule has 16 heteroatoms. The van der Waals surface area contributed by atoms with E-state index in [9.17, 15) is 19.6 Å². The van der Waals surface area contributed by atoms with Crippen LogP contribution in [0.25, 0.3) is 21.9 Å². The van der Waals surface area contributed by atoms with E-state index in [2.05, 4.69) is 20.0 Å². The first-order valence-corrected chi connectivity index (χ1v) is 17.1. The predicted octanol–water partition coefficient (Wildman–Crippen LogP) is 4.07. The molecule has 0 aliphatic carbocycles. The maximum absolute atomic E-state index is 14.8. The molecule has 5 aromatic rings. The molecule has 49 heavy (non-hydrogen) atoms. The van der Waals surface area contributed by atoms with E-state index in [1.807, 2.05) is 31.2 Å². The summed E-state index contributed by atoms with van der Waals surface area (Å²) in [5, 5.41) is 27.0. The Bertz CT molecular complexity index is 1990. The summed E-state index contributed by atoms with van der Waals surface area (Å²) in [4.78, 5) is 25.9. The zero-order valence-corrected chi connectivity index (χ0v) is 27.9. The highest BCUT2D eigenvalue weighted by Gasteiger charge is 2.54. The van der Waals surface area contributed by atoms with E-state index in [4.69, 9.17) is 29.0 Å². The van der Waals surface area contributed by atoms with E-state index in [0.717, 1.165) is 5.39 Å². The van der Waals surface area contributed by atoms with E-state index in [-0.39, 0.29) is 35.3 Å². The summed E-state index contributed by atoms with van der Waals surface area (Å²) in [6, 6.07) is 19.9. The zero-order valence-electron chi connectivity index (χ0n) is 27.0. The van der Waals surface area contributed by atoms with Crippen LogP contribution < -0.4 is 20.1 Å². The van der Waals surface area contributed by atoms with Crippen LogP contribution >= 0.6 is 7.75 Å². The van der Waals surface area contributed by atoms with E-state index in [1.54, 1.807) is 48.5 Å². The highest BCUT2D eigenvalue weighted by molar-refractivity contribution is 7.52. The number of carbonyl (C=O) groups is 1. The van der Waals surface area contributed by atoms with Crippen molar-refractivity contribution in [3.05, 3.63) is 84.7 Å². The third-order valence-electron chi connectivity index (χ3n) is 8.09. The number of ether oxygens (including phenoxy) is 3. The van der Waals surface area contributed by atoms with Crippen LogP contribution in [0.5, 0.6) is 11.6 Å². The number of nitrogens with two attached hydrogens (primary N) is 1. The highest BCUT2D eigenvalue weighted by atomic mass is 31.2. The first-order chi connectivity index (χ1) is 23.5. The Kier molecular flexibility index (Phi) is 9.84. The minimum absolute atomic E-state index is 0.104. The maximum atomic E-state index is 14.8. The van der Waals surface area contributed by atoms with Crippen LogP contribution in [0, 0.1) is 0 Å². The number of esters is 1. The molecule has 1 saturated heterocycles. The van der Waals surface area contributed by atoms with E-state index in [1.165, 1.54) is 24.9 Å². The average molecular weight is 693 g/mol. The molecule has 5 N–H and O–H groups in total. The van der Waals surface area contributed by atoms with Gasteiger partial charge in [-0.05, 0) is 30.4 Å². The van der Waals surface area contributed by atoms with Gasteiger partial charge in [-0.2, -0.15) is 15.1 Å². The highest BCUT2D eigenvalue weighted by Crippen LogP contribution is 2.50. The van der Waals surface area contributed by atoms with Crippen LogP contribution in [0.1, 0.15) is 38.1 Å². The summed E-state index contributed by atoms with van der Waals surface area (Å²) >= 11 is 0. The van der Waals surface area contributed by atoms with Crippen molar-refractivity contribution in [3.8, 4) is 11.6 Å². The lowest BCUT2D eigenvalue weighted by Gasteiger charge is -2.28. The molecule has 2 unspecified atom stereocenters. The Balaban J connectivity index is 1.32. The molecule has 0 saturated carbocycles. The Hall–Kier alpha value is -4.63. The average Bonchev–Trinajstić information content (AvgIpc) is 3.62. The number of rotatable bonds is 13. The lowest BCUT2D eigenvalue weighted by Crippen LogP contribution is -2.44. The molecular formula is C33H37N6O9P. The second-order valence-corrected chi connectivity index (χ2v) is 13.3. The van der Waals surface area contributed by atoms with Gasteiger partial charge in [-0.1, -0.05) is 73.7 Å². The standard InChI is InChI=1S/C33H37N6O9P/c1-4-17-45-30(41)25(21-12-6-5-7-13-21)38-49(43,48-23-16-10-14-20-11-8-9-15-22(20)23)46-18-24-27(40)33(2,42)31(47-24)39-19-35-26-28(39)36-32(34)37-29(26)44-3/h5-16,19,24-25,27,31,40,42H,4,17-18H2,1-3H3,(H,38,43)(H2,34,36,37)/t24-,25+,27-,31?,33-,49?/m1/s1. The van der Waals surface area contributed by atoms with Gasteiger partial charge in [0.1, 0.15) is 29.6 Å². The maximum Gasteiger partial charge on any atom is 0.459 e.